The Morgan fingerprint density at radius 1 is 1.44 bits per heavy atom. The van der Waals surface area contributed by atoms with Crippen molar-refractivity contribution in [2.24, 2.45) is 0 Å². The smallest absolute Gasteiger partial charge is 0.387 e. The molecule has 0 bridgehead atoms. The Morgan fingerprint density at radius 2 is 2.11 bits per heavy atom. The monoisotopic (exact) mass is 278 g/mol. The van der Waals surface area contributed by atoms with Crippen LogP contribution < -0.4 is 4.74 Å². The highest BCUT2D eigenvalue weighted by atomic mass is 35.5. The number of alkyl halides is 3. The normalized spacial score (nSPS) is 10.6. The Hall–Kier alpha value is -1.36. The van der Waals surface area contributed by atoms with Gasteiger partial charge in [0.25, 0.3) is 0 Å². The van der Waals surface area contributed by atoms with Gasteiger partial charge in [-0.1, -0.05) is 0 Å². The Morgan fingerprint density at radius 3 is 2.61 bits per heavy atom. The summed E-state index contributed by atoms with van der Waals surface area (Å²) in [7, 11) is 0. The van der Waals surface area contributed by atoms with Crippen LogP contribution in [0, 0.1) is 6.92 Å². The molecule has 1 aromatic rings. The van der Waals surface area contributed by atoms with Gasteiger partial charge >= 0.3 is 12.6 Å². The van der Waals surface area contributed by atoms with E-state index in [2.05, 4.69) is 4.74 Å². The molecule has 0 amide bonds. The van der Waals surface area contributed by atoms with Gasteiger partial charge in [-0.15, -0.1) is 11.6 Å². The van der Waals surface area contributed by atoms with Gasteiger partial charge in [-0.3, -0.25) is 0 Å². The Balaban J connectivity index is 3.20. The molecule has 0 atom stereocenters. The standard InChI is InChI=1S/C12H13ClF2O3/c1-3-17-11(16)9-4-8(6-13)5-10(7(9)2)18-12(14)15/h4-5,12H,3,6H2,1-2H3. The summed E-state index contributed by atoms with van der Waals surface area (Å²) in [5.41, 5.74) is 1.01. The molecule has 0 aliphatic heterocycles. The van der Waals surface area contributed by atoms with E-state index in [1.54, 1.807) is 6.92 Å². The topological polar surface area (TPSA) is 35.5 Å². The van der Waals surface area contributed by atoms with Crippen molar-refractivity contribution in [3.63, 3.8) is 0 Å². The number of benzene rings is 1. The van der Waals surface area contributed by atoms with Gasteiger partial charge in [0.15, 0.2) is 0 Å². The number of rotatable bonds is 5. The molecule has 0 aromatic heterocycles. The third kappa shape index (κ3) is 3.57. The molecule has 0 spiro atoms. The van der Waals surface area contributed by atoms with Crippen molar-refractivity contribution in [2.45, 2.75) is 26.3 Å². The summed E-state index contributed by atoms with van der Waals surface area (Å²) >= 11 is 5.65. The molecule has 0 saturated carbocycles. The predicted octanol–water partition coefficient (Wildman–Crippen LogP) is 3.51. The van der Waals surface area contributed by atoms with Crippen molar-refractivity contribution in [2.75, 3.05) is 6.61 Å². The minimum Gasteiger partial charge on any atom is -0.462 e. The van der Waals surface area contributed by atoms with Crippen molar-refractivity contribution in [3.05, 3.63) is 28.8 Å². The third-order valence-corrected chi connectivity index (χ3v) is 2.59. The van der Waals surface area contributed by atoms with E-state index in [0.717, 1.165) is 0 Å². The number of esters is 1. The van der Waals surface area contributed by atoms with E-state index >= 15 is 0 Å². The fourth-order valence-electron chi connectivity index (χ4n) is 1.46. The molecule has 18 heavy (non-hydrogen) atoms. The molecule has 0 N–H and O–H groups in total. The van der Waals surface area contributed by atoms with E-state index in [4.69, 9.17) is 16.3 Å². The van der Waals surface area contributed by atoms with Gasteiger partial charge in [0, 0.05) is 11.4 Å². The Labute approximate surface area is 109 Å². The van der Waals surface area contributed by atoms with Crippen LogP contribution in [0.25, 0.3) is 0 Å². The van der Waals surface area contributed by atoms with E-state index in [0.29, 0.717) is 11.1 Å². The number of hydrogen-bond donors (Lipinski definition) is 0. The van der Waals surface area contributed by atoms with Crippen molar-refractivity contribution < 1.29 is 23.0 Å². The van der Waals surface area contributed by atoms with Crippen molar-refractivity contribution >= 4 is 17.6 Å². The van der Waals surface area contributed by atoms with Crippen molar-refractivity contribution in [1.82, 2.24) is 0 Å². The Kier molecular flexibility index (Phi) is 5.34. The van der Waals surface area contributed by atoms with Gasteiger partial charge in [-0.25, -0.2) is 4.79 Å². The molecule has 6 heteroatoms. The molecule has 0 radical (unpaired) electrons. The molecule has 0 aliphatic carbocycles. The Bertz CT molecular complexity index is 436. The molecule has 0 aliphatic rings. The molecule has 0 saturated heterocycles. The molecule has 0 fully saturated rings. The lowest BCUT2D eigenvalue weighted by atomic mass is 10.0. The second kappa shape index (κ2) is 6.54. The molecule has 1 rings (SSSR count). The lowest BCUT2D eigenvalue weighted by Gasteiger charge is -2.13. The zero-order chi connectivity index (χ0) is 13.7. The highest BCUT2D eigenvalue weighted by molar-refractivity contribution is 6.17. The molecule has 100 valence electrons. The van der Waals surface area contributed by atoms with Gasteiger partial charge in [0.2, 0.25) is 0 Å². The van der Waals surface area contributed by atoms with Crippen LogP contribution in [0.1, 0.15) is 28.4 Å². The summed E-state index contributed by atoms with van der Waals surface area (Å²) in [4.78, 5) is 11.7. The maximum atomic E-state index is 12.2. The lowest BCUT2D eigenvalue weighted by Crippen LogP contribution is -2.10. The summed E-state index contributed by atoms with van der Waals surface area (Å²) in [5, 5.41) is 0. The van der Waals surface area contributed by atoms with E-state index in [-0.39, 0.29) is 23.8 Å². The van der Waals surface area contributed by atoms with E-state index in [1.807, 2.05) is 0 Å². The SMILES string of the molecule is CCOC(=O)c1cc(CCl)cc(OC(F)F)c1C. The van der Waals surface area contributed by atoms with E-state index in [9.17, 15) is 13.6 Å². The van der Waals surface area contributed by atoms with Crippen LogP contribution in [-0.2, 0) is 10.6 Å². The highest BCUT2D eigenvalue weighted by Gasteiger charge is 2.17. The van der Waals surface area contributed by atoms with Crippen LogP contribution in [0.4, 0.5) is 8.78 Å². The summed E-state index contributed by atoms with van der Waals surface area (Å²) < 4.78 is 33.7. The van der Waals surface area contributed by atoms with Gasteiger partial charge in [-0.2, -0.15) is 8.78 Å². The average molecular weight is 279 g/mol. The molecular formula is C12H13ClF2O3. The number of ether oxygens (including phenoxy) is 2. The first-order valence-corrected chi connectivity index (χ1v) is 5.84. The predicted molar refractivity (Wildman–Crippen MR) is 63.3 cm³/mol. The lowest BCUT2D eigenvalue weighted by molar-refractivity contribution is -0.0504. The molecule has 0 heterocycles. The van der Waals surface area contributed by atoms with Crippen LogP contribution in [0.15, 0.2) is 12.1 Å². The minimum atomic E-state index is -2.95. The summed E-state index contributed by atoms with van der Waals surface area (Å²) in [6, 6.07) is 2.90. The number of hydrogen-bond acceptors (Lipinski definition) is 3. The van der Waals surface area contributed by atoms with Crippen molar-refractivity contribution in [1.29, 1.82) is 0 Å². The van der Waals surface area contributed by atoms with Gasteiger partial charge in [0.05, 0.1) is 12.2 Å². The van der Waals surface area contributed by atoms with Gasteiger partial charge in [0.1, 0.15) is 5.75 Å². The fourth-order valence-corrected chi connectivity index (χ4v) is 1.62. The summed E-state index contributed by atoms with van der Waals surface area (Å²) in [5.74, 6) is -0.556. The maximum absolute atomic E-state index is 12.2. The zero-order valence-electron chi connectivity index (χ0n) is 10.0. The van der Waals surface area contributed by atoms with E-state index < -0.39 is 12.6 Å². The summed E-state index contributed by atoms with van der Waals surface area (Å²) in [6.45, 7) is 0.426. The van der Waals surface area contributed by atoms with Crippen molar-refractivity contribution in [3.8, 4) is 5.75 Å². The second-order valence-corrected chi connectivity index (χ2v) is 3.77. The number of carbonyl (C=O) groups excluding carboxylic acids is 1. The first kappa shape index (κ1) is 14.7. The van der Waals surface area contributed by atoms with Gasteiger partial charge < -0.3 is 9.47 Å². The quantitative estimate of drug-likeness (QED) is 0.611. The molecular weight excluding hydrogens is 266 g/mol. The number of carbonyl (C=O) groups is 1. The largest absolute Gasteiger partial charge is 0.462 e. The zero-order valence-corrected chi connectivity index (χ0v) is 10.8. The third-order valence-electron chi connectivity index (χ3n) is 2.29. The maximum Gasteiger partial charge on any atom is 0.387 e. The minimum absolute atomic E-state index is 0.0637. The van der Waals surface area contributed by atoms with Crippen LogP contribution in [0.3, 0.4) is 0 Å². The van der Waals surface area contributed by atoms with Crippen LogP contribution in [0.5, 0.6) is 5.75 Å². The van der Waals surface area contributed by atoms with E-state index in [1.165, 1.54) is 19.1 Å². The molecule has 1 aromatic carbocycles. The second-order valence-electron chi connectivity index (χ2n) is 3.50. The molecule has 3 nitrogen and oxygen atoms in total. The van der Waals surface area contributed by atoms with Gasteiger partial charge in [-0.05, 0) is 31.5 Å². The average Bonchev–Trinajstić information content (AvgIpc) is 2.31. The summed E-state index contributed by atoms with van der Waals surface area (Å²) in [6.07, 6.45) is 0. The van der Waals surface area contributed by atoms with Crippen LogP contribution >= 0.6 is 11.6 Å². The first-order valence-electron chi connectivity index (χ1n) is 5.31. The number of halogens is 3. The first-order chi connectivity index (χ1) is 8.49. The molecule has 0 unspecified atom stereocenters. The fraction of sp³-hybridized carbons (Fsp3) is 0.417. The highest BCUT2D eigenvalue weighted by Crippen LogP contribution is 2.27. The van der Waals surface area contributed by atoms with Crippen LogP contribution in [0.2, 0.25) is 0 Å². The van der Waals surface area contributed by atoms with Crippen LogP contribution in [-0.4, -0.2) is 19.2 Å².